The van der Waals surface area contributed by atoms with Gasteiger partial charge in [0, 0.05) is 49.6 Å². The molecule has 0 bridgehead atoms. The molecular formula is C35H34F4N6O. The monoisotopic (exact) mass is 630 g/mol. The van der Waals surface area contributed by atoms with E-state index < -0.39 is 18.1 Å². The van der Waals surface area contributed by atoms with Gasteiger partial charge in [-0.25, -0.2) is 22.5 Å². The Morgan fingerprint density at radius 1 is 1.11 bits per heavy atom. The van der Waals surface area contributed by atoms with Gasteiger partial charge >= 0.3 is 6.01 Å². The van der Waals surface area contributed by atoms with E-state index in [1.807, 2.05) is 6.07 Å². The molecule has 46 heavy (non-hydrogen) atoms. The summed E-state index contributed by atoms with van der Waals surface area (Å²) in [5.41, 5.74) is 0.896. The van der Waals surface area contributed by atoms with Crippen LogP contribution in [-0.4, -0.2) is 77.2 Å². The molecule has 6 heterocycles. The molecular weight excluding hydrogens is 596 g/mol. The van der Waals surface area contributed by atoms with Gasteiger partial charge in [-0.05, 0) is 56.0 Å². The highest BCUT2D eigenvalue weighted by molar-refractivity contribution is 6.02. The number of anilines is 1. The maximum atomic E-state index is 16.9. The number of pyridine rings is 1. The predicted molar refractivity (Wildman–Crippen MR) is 168 cm³/mol. The molecule has 8 rings (SSSR count). The van der Waals surface area contributed by atoms with Gasteiger partial charge in [0.15, 0.2) is 5.82 Å². The van der Waals surface area contributed by atoms with Crippen LogP contribution in [0.2, 0.25) is 0 Å². The molecule has 11 heteroatoms. The molecule has 4 aromatic rings. The molecule has 2 aromatic carbocycles. The summed E-state index contributed by atoms with van der Waals surface area (Å²) >= 11 is 0. The smallest absolute Gasteiger partial charge is 0.319 e. The van der Waals surface area contributed by atoms with Crippen molar-refractivity contribution in [1.82, 2.24) is 25.2 Å². The van der Waals surface area contributed by atoms with Crippen LogP contribution in [0.25, 0.3) is 32.9 Å². The fraction of sp³-hybridized carbons (Fsp3) is 0.457. The molecule has 3 saturated heterocycles. The van der Waals surface area contributed by atoms with Crippen molar-refractivity contribution in [2.45, 2.75) is 56.5 Å². The molecule has 4 aliphatic heterocycles. The minimum Gasteiger partial charge on any atom is -0.461 e. The largest absolute Gasteiger partial charge is 0.461 e. The van der Waals surface area contributed by atoms with Crippen molar-refractivity contribution in [3.63, 3.8) is 0 Å². The van der Waals surface area contributed by atoms with Crippen molar-refractivity contribution in [2.75, 3.05) is 44.2 Å². The Kier molecular flexibility index (Phi) is 7.25. The lowest BCUT2D eigenvalue weighted by Crippen LogP contribution is -2.51. The van der Waals surface area contributed by atoms with Crippen LogP contribution >= 0.6 is 0 Å². The summed E-state index contributed by atoms with van der Waals surface area (Å²) in [6.07, 6.45) is 7.07. The van der Waals surface area contributed by atoms with Crippen LogP contribution in [-0.2, 0) is 6.42 Å². The number of ether oxygens (including phenoxy) is 1. The lowest BCUT2D eigenvalue weighted by Gasteiger charge is -2.36. The number of aryl methyl sites for hydroxylation is 1. The standard InChI is InChI=1S/C35H34F4N6O/c1-2-23-25(36)9-7-21-5-3-6-24(28(21)23)31-30(39)32-29-26(41-31)10-8-22-17-40-12-14-45(22)33(29)43-34(42-32)46-19-35-11-4-13-44(35)18-20(16-35)15-27(37)38/h1,3,5-7,9,20,22,27,40H,4,8,10-19H2. The number of piperazine rings is 1. The zero-order valence-electron chi connectivity index (χ0n) is 25.3. The lowest BCUT2D eigenvalue weighted by atomic mass is 9.89. The van der Waals surface area contributed by atoms with Gasteiger partial charge in [-0.1, -0.05) is 30.2 Å². The second kappa shape index (κ2) is 11.4. The van der Waals surface area contributed by atoms with Crippen molar-refractivity contribution in [2.24, 2.45) is 5.92 Å². The van der Waals surface area contributed by atoms with Gasteiger partial charge in [0.1, 0.15) is 29.5 Å². The Hall–Kier alpha value is -4.01. The molecule has 1 N–H and O–H groups in total. The highest BCUT2D eigenvalue weighted by atomic mass is 19.3. The fourth-order valence-electron chi connectivity index (χ4n) is 8.39. The number of hydrogen-bond acceptors (Lipinski definition) is 7. The second-order valence-corrected chi connectivity index (χ2v) is 13.1. The van der Waals surface area contributed by atoms with Gasteiger partial charge < -0.3 is 15.0 Å². The summed E-state index contributed by atoms with van der Waals surface area (Å²) in [5.74, 6) is 1.73. The average molecular weight is 631 g/mol. The van der Waals surface area contributed by atoms with E-state index in [0.29, 0.717) is 59.2 Å². The Labute approximate surface area is 264 Å². The number of rotatable bonds is 6. The van der Waals surface area contributed by atoms with Gasteiger partial charge in [0.25, 0.3) is 0 Å². The van der Waals surface area contributed by atoms with Gasteiger partial charge in [0.05, 0.1) is 22.2 Å². The van der Waals surface area contributed by atoms with Gasteiger partial charge in [0.2, 0.25) is 6.43 Å². The third-order valence-electron chi connectivity index (χ3n) is 10.4. The van der Waals surface area contributed by atoms with Crippen LogP contribution in [0.1, 0.15) is 43.4 Å². The Morgan fingerprint density at radius 3 is 2.85 bits per heavy atom. The first kappa shape index (κ1) is 29.4. The van der Waals surface area contributed by atoms with Gasteiger partial charge in [-0.3, -0.25) is 4.90 Å². The molecule has 2 aromatic heterocycles. The first-order valence-corrected chi connectivity index (χ1v) is 16.1. The normalized spacial score (nSPS) is 24.3. The van der Waals surface area contributed by atoms with E-state index in [0.717, 1.165) is 38.9 Å². The molecule has 0 radical (unpaired) electrons. The van der Waals surface area contributed by atoms with E-state index in [4.69, 9.17) is 21.1 Å². The third-order valence-corrected chi connectivity index (χ3v) is 10.4. The zero-order chi connectivity index (χ0) is 31.6. The molecule has 7 nitrogen and oxygen atoms in total. The van der Waals surface area contributed by atoms with Crippen LogP contribution in [0.4, 0.5) is 23.4 Å². The minimum absolute atomic E-state index is 0.0509. The van der Waals surface area contributed by atoms with Crippen LogP contribution in [0.3, 0.4) is 0 Å². The van der Waals surface area contributed by atoms with E-state index in [9.17, 15) is 13.2 Å². The van der Waals surface area contributed by atoms with E-state index in [1.165, 1.54) is 6.07 Å². The number of aromatic nitrogens is 3. The number of terminal acetylenes is 1. The summed E-state index contributed by atoms with van der Waals surface area (Å²) in [6, 6.07) is 8.41. The summed E-state index contributed by atoms with van der Waals surface area (Å²) in [7, 11) is 0. The molecule has 0 spiro atoms. The summed E-state index contributed by atoms with van der Waals surface area (Å²) in [6.45, 7) is 3.89. The second-order valence-electron chi connectivity index (χ2n) is 13.1. The van der Waals surface area contributed by atoms with Crippen LogP contribution in [0, 0.1) is 29.9 Å². The number of hydrogen-bond donors (Lipinski definition) is 1. The molecule has 4 aliphatic rings. The SMILES string of the molecule is C#Cc1c(F)ccc2cccc(-c3nc4c5c(nc(OCC67CCCN6CC(CC(F)F)C7)nc5c3F)N3CCNCC3CC4)c12. The van der Waals surface area contributed by atoms with Gasteiger partial charge in [-0.15, -0.1) is 6.42 Å². The quantitative estimate of drug-likeness (QED) is 0.216. The van der Waals surface area contributed by atoms with Crippen molar-refractivity contribution in [3.05, 3.63) is 53.2 Å². The molecule has 0 amide bonds. The first-order valence-electron chi connectivity index (χ1n) is 16.1. The van der Waals surface area contributed by atoms with E-state index in [1.54, 1.807) is 18.2 Å². The number of nitrogens with one attached hydrogen (secondary N) is 1. The molecule has 0 saturated carbocycles. The number of alkyl halides is 2. The number of nitrogens with zero attached hydrogens (tertiary/aromatic N) is 5. The number of benzene rings is 2. The Balaban J connectivity index is 1.27. The maximum absolute atomic E-state index is 16.9. The topological polar surface area (TPSA) is 66.4 Å². The minimum atomic E-state index is -2.34. The Bertz CT molecular complexity index is 1900. The fourth-order valence-corrected chi connectivity index (χ4v) is 8.39. The molecule has 3 atom stereocenters. The molecule has 238 valence electrons. The van der Waals surface area contributed by atoms with Crippen molar-refractivity contribution in [3.8, 4) is 29.6 Å². The van der Waals surface area contributed by atoms with E-state index in [2.05, 4.69) is 26.0 Å². The summed E-state index contributed by atoms with van der Waals surface area (Å²) in [5, 5.41) is 5.11. The zero-order valence-corrected chi connectivity index (χ0v) is 25.3. The van der Waals surface area contributed by atoms with Crippen molar-refractivity contribution < 1.29 is 22.3 Å². The van der Waals surface area contributed by atoms with Crippen LogP contribution < -0.4 is 15.0 Å². The van der Waals surface area contributed by atoms with E-state index >= 15 is 4.39 Å². The molecule has 0 aliphatic carbocycles. The predicted octanol–water partition coefficient (Wildman–Crippen LogP) is 5.72. The highest BCUT2D eigenvalue weighted by Gasteiger charge is 2.49. The first-order chi connectivity index (χ1) is 22.3. The maximum Gasteiger partial charge on any atom is 0.319 e. The van der Waals surface area contributed by atoms with Gasteiger partial charge in [-0.2, -0.15) is 9.97 Å². The summed E-state index contributed by atoms with van der Waals surface area (Å²) in [4.78, 5) is 18.9. The summed E-state index contributed by atoms with van der Waals surface area (Å²) < 4.78 is 64.7. The lowest BCUT2D eigenvalue weighted by molar-refractivity contribution is 0.106. The van der Waals surface area contributed by atoms with Crippen molar-refractivity contribution >= 4 is 27.5 Å². The number of fused-ring (bicyclic) bond motifs is 4. The van der Waals surface area contributed by atoms with Crippen molar-refractivity contribution in [1.29, 1.82) is 0 Å². The van der Waals surface area contributed by atoms with Crippen LogP contribution in [0.5, 0.6) is 6.01 Å². The molecule has 3 fully saturated rings. The average Bonchev–Trinajstić information content (AvgIpc) is 3.54. The highest BCUT2D eigenvalue weighted by Crippen LogP contribution is 2.44. The third kappa shape index (κ3) is 4.76. The number of halogens is 4. The Morgan fingerprint density at radius 2 is 2.00 bits per heavy atom. The van der Waals surface area contributed by atoms with Crippen LogP contribution in [0.15, 0.2) is 30.3 Å². The molecule has 3 unspecified atom stereocenters. The van der Waals surface area contributed by atoms with E-state index in [-0.39, 0.29) is 53.3 Å².